The van der Waals surface area contributed by atoms with Gasteiger partial charge in [-0.05, 0) is 71.4 Å². The molecule has 0 saturated heterocycles. The van der Waals surface area contributed by atoms with Crippen LogP contribution >= 0.6 is 0 Å². The second-order valence-electron chi connectivity index (χ2n) is 9.63. The molecule has 2 aromatic rings. The predicted molar refractivity (Wildman–Crippen MR) is 128 cm³/mol. The van der Waals surface area contributed by atoms with Crippen molar-refractivity contribution in [3.63, 3.8) is 0 Å². The Morgan fingerprint density at radius 3 is 2.60 bits per heavy atom. The van der Waals surface area contributed by atoms with Gasteiger partial charge in [0.2, 0.25) is 0 Å². The molecule has 35 heavy (non-hydrogen) atoms. The van der Waals surface area contributed by atoms with Gasteiger partial charge >= 0.3 is 6.09 Å². The normalized spacial score (nSPS) is 17.1. The van der Waals surface area contributed by atoms with Crippen molar-refractivity contribution in [2.24, 2.45) is 4.99 Å². The molecule has 9 nitrogen and oxygen atoms in total. The quantitative estimate of drug-likeness (QED) is 0.668. The van der Waals surface area contributed by atoms with Crippen LogP contribution in [0.1, 0.15) is 67.8 Å². The maximum Gasteiger partial charge on any atom is 0.413 e. The average Bonchev–Trinajstić information content (AvgIpc) is 2.75. The van der Waals surface area contributed by atoms with Crippen molar-refractivity contribution in [2.75, 3.05) is 11.9 Å². The molecule has 0 bridgehead atoms. The number of halogens is 1. The fourth-order valence-corrected chi connectivity index (χ4v) is 3.39. The van der Waals surface area contributed by atoms with Gasteiger partial charge in [0.25, 0.3) is 5.91 Å². The number of anilines is 1. The second-order valence-corrected chi connectivity index (χ2v) is 9.63. The lowest BCUT2D eigenvalue weighted by molar-refractivity contribution is 0.00922. The number of ether oxygens (including phenoxy) is 2. The molecule has 2 amide bonds. The van der Waals surface area contributed by atoms with E-state index in [1.54, 1.807) is 47.6 Å². The summed E-state index contributed by atoms with van der Waals surface area (Å²) in [5, 5.41) is 14.3. The standard InChI is InChI=1S/C25H28FN5O4/c1-14-9-15(11-27)12-28-20(14)21(32)29-16-7-8-18(26)17(10-16)19-13-34-25(5,6)22(30-19)31-23(33)35-24(2,3)4/h7-10,12,19H,13H2,1-6H3,(H,29,32)(H,30,31,33). The lowest BCUT2D eigenvalue weighted by Gasteiger charge is -2.34. The molecule has 2 heterocycles. The van der Waals surface area contributed by atoms with Crippen LogP contribution in [0.25, 0.3) is 0 Å². The second kappa shape index (κ2) is 9.80. The minimum absolute atomic E-state index is 0.0666. The molecular weight excluding hydrogens is 453 g/mol. The third-order valence-electron chi connectivity index (χ3n) is 5.11. The Balaban J connectivity index is 1.85. The molecule has 0 radical (unpaired) electrons. The van der Waals surface area contributed by atoms with Gasteiger partial charge < -0.3 is 14.8 Å². The number of aryl methyl sites for hydroxylation is 1. The first-order valence-corrected chi connectivity index (χ1v) is 11.0. The van der Waals surface area contributed by atoms with Gasteiger partial charge in [-0.2, -0.15) is 5.26 Å². The number of hydrogen-bond donors (Lipinski definition) is 2. The molecule has 3 rings (SSSR count). The first-order valence-electron chi connectivity index (χ1n) is 11.0. The number of aromatic nitrogens is 1. The molecular formula is C25H28FN5O4. The Kier molecular flexibility index (Phi) is 7.22. The Morgan fingerprint density at radius 1 is 1.26 bits per heavy atom. The van der Waals surface area contributed by atoms with Gasteiger partial charge in [-0.25, -0.2) is 14.2 Å². The lowest BCUT2D eigenvalue weighted by Crippen LogP contribution is -2.51. The van der Waals surface area contributed by atoms with E-state index < -0.39 is 35.1 Å². The molecule has 184 valence electrons. The number of aliphatic imine (C=N–C) groups is 1. The molecule has 1 unspecified atom stereocenters. The van der Waals surface area contributed by atoms with Crippen LogP contribution in [0.15, 0.2) is 35.5 Å². The molecule has 0 aliphatic carbocycles. The summed E-state index contributed by atoms with van der Waals surface area (Å²) in [4.78, 5) is 33.6. The van der Waals surface area contributed by atoms with Gasteiger partial charge in [-0.1, -0.05) is 0 Å². The minimum atomic E-state index is -0.922. The first-order chi connectivity index (χ1) is 16.3. The van der Waals surface area contributed by atoms with Gasteiger partial charge in [0.05, 0.1) is 12.2 Å². The van der Waals surface area contributed by atoms with Crippen molar-refractivity contribution in [3.8, 4) is 6.07 Å². The Hall–Kier alpha value is -3.84. The topological polar surface area (TPSA) is 126 Å². The van der Waals surface area contributed by atoms with Crippen LogP contribution < -0.4 is 10.6 Å². The summed E-state index contributed by atoms with van der Waals surface area (Å²) in [6.45, 7) is 10.4. The van der Waals surface area contributed by atoms with Crippen molar-refractivity contribution < 1.29 is 23.5 Å². The number of pyridine rings is 1. The summed E-state index contributed by atoms with van der Waals surface area (Å²) in [7, 11) is 0. The number of carbonyl (C=O) groups is 2. The highest BCUT2D eigenvalue weighted by Crippen LogP contribution is 2.31. The van der Waals surface area contributed by atoms with Gasteiger partial charge in [-0.15, -0.1) is 0 Å². The summed E-state index contributed by atoms with van der Waals surface area (Å²) < 4.78 is 25.9. The summed E-state index contributed by atoms with van der Waals surface area (Å²) in [5.41, 5.74) is -0.0744. The van der Waals surface area contributed by atoms with Gasteiger partial charge in [0.15, 0.2) is 0 Å². The van der Waals surface area contributed by atoms with Gasteiger partial charge in [-0.3, -0.25) is 15.1 Å². The highest BCUT2D eigenvalue weighted by Gasteiger charge is 2.35. The predicted octanol–water partition coefficient (Wildman–Crippen LogP) is 4.43. The number of alkyl carbamates (subject to hydrolysis) is 1. The van der Waals surface area contributed by atoms with Crippen molar-refractivity contribution in [3.05, 3.63) is 58.7 Å². The van der Waals surface area contributed by atoms with Crippen LogP contribution in [-0.2, 0) is 9.47 Å². The summed E-state index contributed by atoms with van der Waals surface area (Å²) in [5.74, 6) is -0.833. The van der Waals surface area contributed by atoms with Gasteiger partial charge in [0.1, 0.15) is 40.7 Å². The molecule has 1 aliphatic rings. The Labute approximate surface area is 203 Å². The van der Waals surface area contributed by atoms with Crippen LogP contribution in [-0.4, -0.2) is 40.6 Å². The molecule has 1 aromatic carbocycles. The van der Waals surface area contributed by atoms with Crippen LogP contribution in [0.4, 0.5) is 14.9 Å². The van der Waals surface area contributed by atoms with E-state index in [2.05, 4.69) is 20.6 Å². The monoisotopic (exact) mass is 481 g/mol. The molecule has 1 aromatic heterocycles. The zero-order valence-electron chi connectivity index (χ0n) is 20.5. The van der Waals surface area contributed by atoms with Crippen LogP contribution in [0.2, 0.25) is 0 Å². The zero-order chi connectivity index (χ0) is 26.0. The van der Waals surface area contributed by atoms with Gasteiger partial charge in [0, 0.05) is 17.4 Å². The number of rotatable bonds is 3. The van der Waals surface area contributed by atoms with E-state index in [-0.39, 0.29) is 23.7 Å². The number of amides is 2. The lowest BCUT2D eigenvalue weighted by atomic mass is 10.0. The van der Waals surface area contributed by atoms with Crippen LogP contribution in [0.3, 0.4) is 0 Å². The third-order valence-corrected chi connectivity index (χ3v) is 5.11. The van der Waals surface area contributed by atoms with Crippen molar-refractivity contribution in [2.45, 2.75) is 58.8 Å². The average molecular weight is 482 g/mol. The Morgan fingerprint density at radius 2 is 1.97 bits per heavy atom. The summed E-state index contributed by atoms with van der Waals surface area (Å²) in [6.07, 6.45) is 0.618. The third kappa shape index (κ3) is 6.39. The number of benzene rings is 1. The number of amidine groups is 1. The number of hydrogen-bond acceptors (Lipinski definition) is 7. The highest BCUT2D eigenvalue weighted by atomic mass is 19.1. The highest BCUT2D eigenvalue weighted by molar-refractivity contribution is 6.04. The van der Waals surface area contributed by atoms with E-state index in [4.69, 9.17) is 14.7 Å². The van der Waals surface area contributed by atoms with Crippen molar-refractivity contribution in [1.29, 1.82) is 5.26 Å². The fourth-order valence-electron chi connectivity index (χ4n) is 3.39. The van der Waals surface area contributed by atoms with Crippen molar-refractivity contribution >= 4 is 23.5 Å². The Bertz CT molecular complexity index is 1230. The summed E-state index contributed by atoms with van der Waals surface area (Å²) in [6, 6.07) is 6.88. The molecule has 1 atom stereocenters. The van der Waals surface area contributed by atoms with E-state index in [0.29, 0.717) is 16.8 Å². The number of nitrogens with zero attached hydrogens (tertiary/aromatic N) is 3. The molecule has 1 aliphatic heterocycles. The van der Waals surface area contributed by atoms with E-state index in [0.717, 1.165) is 0 Å². The molecule has 2 N–H and O–H groups in total. The molecule has 0 spiro atoms. The maximum absolute atomic E-state index is 14.8. The number of carbonyl (C=O) groups excluding carboxylic acids is 2. The zero-order valence-corrected chi connectivity index (χ0v) is 20.5. The summed E-state index contributed by atoms with van der Waals surface area (Å²) >= 11 is 0. The molecule has 0 saturated carbocycles. The van der Waals surface area contributed by atoms with E-state index in [1.165, 1.54) is 24.4 Å². The van der Waals surface area contributed by atoms with Crippen LogP contribution in [0.5, 0.6) is 0 Å². The first kappa shape index (κ1) is 25.8. The molecule has 0 fully saturated rings. The van der Waals surface area contributed by atoms with E-state index >= 15 is 0 Å². The largest absolute Gasteiger partial charge is 0.444 e. The minimum Gasteiger partial charge on any atom is -0.444 e. The fraction of sp³-hybridized carbons (Fsp3) is 0.400. The number of nitriles is 1. The smallest absolute Gasteiger partial charge is 0.413 e. The number of nitrogens with one attached hydrogen (secondary N) is 2. The SMILES string of the molecule is Cc1cc(C#N)cnc1C(=O)Nc1ccc(F)c(C2COC(C)(C)C(NC(=O)OC(C)(C)C)=N2)c1. The maximum atomic E-state index is 14.8. The van der Waals surface area contributed by atoms with Crippen LogP contribution in [0, 0.1) is 24.1 Å². The molecule has 10 heteroatoms. The van der Waals surface area contributed by atoms with E-state index in [1.807, 2.05) is 6.07 Å². The van der Waals surface area contributed by atoms with E-state index in [9.17, 15) is 14.0 Å². The van der Waals surface area contributed by atoms with Crippen molar-refractivity contribution in [1.82, 2.24) is 10.3 Å².